The van der Waals surface area contributed by atoms with Crippen molar-refractivity contribution in [1.29, 1.82) is 0 Å². The van der Waals surface area contributed by atoms with E-state index in [9.17, 15) is 4.39 Å². The first-order valence-corrected chi connectivity index (χ1v) is 6.50. The maximum absolute atomic E-state index is 13.5. The third-order valence-corrected chi connectivity index (χ3v) is 3.51. The lowest BCUT2D eigenvalue weighted by Gasteiger charge is -2.25. The summed E-state index contributed by atoms with van der Waals surface area (Å²) < 4.78 is 18.9. The largest absolute Gasteiger partial charge is 0.467 e. The average Bonchev–Trinajstić information content (AvgIpc) is 3.09. The van der Waals surface area contributed by atoms with Gasteiger partial charge in [0.1, 0.15) is 11.6 Å². The molecule has 0 aliphatic heterocycles. The van der Waals surface area contributed by atoms with Gasteiger partial charge >= 0.3 is 0 Å². The number of rotatable bonds is 4. The van der Waals surface area contributed by atoms with Crippen LogP contribution in [0, 0.1) is 12.7 Å². The fourth-order valence-corrected chi connectivity index (χ4v) is 2.30. The van der Waals surface area contributed by atoms with E-state index in [2.05, 4.69) is 4.90 Å². The van der Waals surface area contributed by atoms with Gasteiger partial charge in [-0.25, -0.2) is 4.39 Å². The van der Waals surface area contributed by atoms with Gasteiger partial charge in [-0.15, -0.1) is 0 Å². The summed E-state index contributed by atoms with van der Waals surface area (Å²) >= 11 is 0. The average molecular weight is 260 g/mol. The number of furan rings is 1. The summed E-state index contributed by atoms with van der Waals surface area (Å²) in [7, 11) is 0. The molecule has 0 unspecified atom stereocenters. The molecule has 2 N–H and O–H groups in total. The van der Waals surface area contributed by atoms with Gasteiger partial charge in [0.25, 0.3) is 0 Å². The van der Waals surface area contributed by atoms with Crippen LogP contribution in [0.1, 0.15) is 24.2 Å². The van der Waals surface area contributed by atoms with Crippen LogP contribution in [0.25, 0.3) is 0 Å². The highest BCUT2D eigenvalue weighted by atomic mass is 19.1. The molecule has 1 aromatic carbocycles. The minimum absolute atomic E-state index is 0.255. The normalized spacial score (nSPS) is 14.6. The molecule has 0 radical (unpaired) electrons. The molecule has 0 spiro atoms. The summed E-state index contributed by atoms with van der Waals surface area (Å²) in [5.74, 6) is 0.642. The molecular weight excluding hydrogens is 243 g/mol. The molecule has 100 valence electrons. The number of hydrogen-bond donors (Lipinski definition) is 1. The molecule has 0 bridgehead atoms. The quantitative estimate of drug-likeness (QED) is 0.856. The summed E-state index contributed by atoms with van der Waals surface area (Å²) in [6, 6.07) is 7.53. The Hall–Kier alpha value is -1.97. The van der Waals surface area contributed by atoms with Crippen LogP contribution in [0.2, 0.25) is 0 Å². The number of hydrogen-bond acceptors (Lipinski definition) is 3. The lowest BCUT2D eigenvalue weighted by atomic mass is 10.1. The van der Waals surface area contributed by atoms with E-state index in [0.29, 0.717) is 23.8 Å². The lowest BCUT2D eigenvalue weighted by Crippen LogP contribution is -2.26. The van der Waals surface area contributed by atoms with E-state index in [4.69, 9.17) is 10.2 Å². The Kier molecular flexibility index (Phi) is 2.93. The Morgan fingerprint density at radius 2 is 2.21 bits per heavy atom. The zero-order valence-electron chi connectivity index (χ0n) is 10.9. The first kappa shape index (κ1) is 12.1. The van der Waals surface area contributed by atoms with Crippen molar-refractivity contribution >= 4 is 11.4 Å². The number of aryl methyl sites for hydroxylation is 1. The van der Waals surface area contributed by atoms with Crippen molar-refractivity contribution in [1.82, 2.24) is 0 Å². The molecule has 2 aromatic rings. The predicted octanol–water partition coefficient (Wildman–Crippen LogP) is 3.48. The summed E-state index contributed by atoms with van der Waals surface area (Å²) in [5, 5.41) is 0. The summed E-state index contributed by atoms with van der Waals surface area (Å²) in [6.07, 6.45) is 3.97. The molecule has 1 aliphatic carbocycles. The minimum Gasteiger partial charge on any atom is -0.467 e. The standard InChI is InChI=1S/C15H17FN2O/c1-10-7-15(14(17)8-13(10)16)18(11-4-5-11)9-12-3-2-6-19-12/h2-3,6-8,11H,4-5,9,17H2,1H3. The SMILES string of the molecule is Cc1cc(N(Cc2ccco2)C2CC2)c(N)cc1F. The number of nitrogens with zero attached hydrogens (tertiary/aromatic N) is 1. The van der Waals surface area contributed by atoms with Crippen molar-refractivity contribution in [3.8, 4) is 0 Å². The number of nitrogens with two attached hydrogens (primary N) is 1. The van der Waals surface area contributed by atoms with Crippen molar-refractivity contribution in [3.63, 3.8) is 0 Å². The van der Waals surface area contributed by atoms with Crippen LogP contribution >= 0.6 is 0 Å². The second kappa shape index (κ2) is 4.61. The molecule has 4 heteroatoms. The van der Waals surface area contributed by atoms with Gasteiger partial charge in [0.15, 0.2) is 0 Å². The van der Waals surface area contributed by atoms with E-state index in [1.807, 2.05) is 18.2 Å². The van der Waals surface area contributed by atoms with E-state index in [1.165, 1.54) is 6.07 Å². The highest BCUT2D eigenvalue weighted by Gasteiger charge is 2.31. The first-order valence-electron chi connectivity index (χ1n) is 6.50. The predicted molar refractivity (Wildman–Crippen MR) is 73.5 cm³/mol. The van der Waals surface area contributed by atoms with E-state index < -0.39 is 0 Å². The van der Waals surface area contributed by atoms with Crippen molar-refractivity contribution in [2.45, 2.75) is 32.4 Å². The van der Waals surface area contributed by atoms with E-state index in [1.54, 1.807) is 13.2 Å². The molecule has 0 atom stereocenters. The fourth-order valence-electron chi connectivity index (χ4n) is 2.30. The molecule has 3 rings (SSSR count). The molecular formula is C15H17FN2O. The summed E-state index contributed by atoms with van der Waals surface area (Å²) in [6.45, 7) is 2.43. The van der Waals surface area contributed by atoms with Crippen LogP contribution in [0.5, 0.6) is 0 Å². The van der Waals surface area contributed by atoms with Gasteiger partial charge in [-0.2, -0.15) is 0 Å². The van der Waals surface area contributed by atoms with Crippen molar-refractivity contribution in [2.24, 2.45) is 0 Å². The molecule has 0 saturated heterocycles. The maximum Gasteiger partial charge on any atom is 0.128 e. The zero-order chi connectivity index (χ0) is 13.4. The van der Waals surface area contributed by atoms with Crippen LogP contribution in [-0.2, 0) is 6.54 Å². The van der Waals surface area contributed by atoms with Gasteiger partial charge in [0.2, 0.25) is 0 Å². The maximum atomic E-state index is 13.5. The Bertz CT molecular complexity index is 576. The molecule has 1 aliphatic rings. The van der Waals surface area contributed by atoms with Crippen LogP contribution in [0.3, 0.4) is 0 Å². The highest BCUT2D eigenvalue weighted by Crippen LogP contribution is 2.37. The van der Waals surface area contributed by atoms with Gasteiger partial charge in [-0.3, -0.25) is 0 Å². The smallest absolute Gasteiger partial charge is 0.128 e. The third-order valence-electron chi connectivity index (χ3n) is 3.51. The highest BCUT2D eigenvalue weighted by molar-refractivity contribution is 5.69. The Morgan fingerprint density at radius 1 is 1.42 bits per heavy atom. The zero-order valence-corrected chi connectivity index (χ0v) is 10.9. The summed E-state index contributed by atoms with van der Waals surface area (Å²) in [4.78, 5) is 2.21. The molecule has 1 fully saturated rings. The molecule has 0 amide bonds. The van der Waals surface area contributed by atoms with Gasteiger partial charge in [-0.05, 0) is 49.6 Å². The Balaban J connectivity index is 1.94. The molecule has 1 heterocycles. The number of nitrogen functional groups attached to an aromatic ring is 1. The number of halogens is 1. The monoisotopic (exact) mass is 260 g/mol. The summed E-state index contributed by atoms with van der Waals surface area (Å²) in [5.41, 5.74) is 7.98. The van der Waals surface area contributed by atoms with Gasteiger partial charge in [0, 0.05) is 6.04 Å². The molecule has 1 saturated carbocycles. The van der Waals surface area contributed by atoms with Crippen molar-refractivity contribution < 1.29 is 8.81 Å². The van der Waals surface area contributed by atoms with Crippen LogP contribution in [-0.4, -0.2) is 6.04 Å². The van der Waals surface area contributed by atoms with E-state index >= 15 is 0 Å². The fraction of sp³-hybridized carbons (Fsp3) is 0.333. The molecule has 19 heavy (non-hydrogen) atoms. The number of benzene rings is 1. The second-order valence-electron chi connectivity index (χ2n) is 5.10. The molecule has 1 aromatic heterocycles. The van der Waals surface area contributed by atoms with Gasteiger partial charge in [-0.1, -0.05) is 0 Å². The Morgan fingerprint density at radius 3 is 2.84 bits per heavy atom. The van der Waals surface area contributed by atoms with E-state index in [-0.39, 0.29) is 5.82 Å². The topological polar surface area (TPSA) is 42.4 Å². The van der Waals surface area contributed by atoms with Crippen molar-refractivity contribution in [3.05, 3.63) is 47.7 Å². The number of anilines is 2. The van der Waals surface area contributed by atoms with Crippen LogP contribution < -0.4 is 10.6 Å². The van der Waals surface area contributed by atoms with E-state index in [0.717, 1.165) is 24.3 Å². The van der Waals surface area contributed by atoms with Crippen LogP contribution in [0.15, 0.2) is 34.9 Å². The Labute approximate surface area is 111 Å². The van der Waals surface area contributed by atoms with Crippen molar-refractivity contribution in [2.75, 3.05) is 10.6 Å². The lowest BCUT2D eigenvalue weighted by molar-refractivity contribution is 0.501. The minimum atomic E-state index is -0.255. The molecule has 3 nitrogen and oxygen atoms in total. The van der Waals surface area contributed by atoms with Gasteiger partial charge < -0.3 is 15.1 Å². The first-order chi connectivity index (χ1) is 9.15. The second-order valence-corrected chi connectivity index (χ2v) is 5.10. The third kappa shape index (κ3) is 2.43. The van der Waals surface area contributed by atoms with Crippen LogP contribution in [0.4, 0.5) is 15.8 Å². The van der Waals surface area contributed by atoms with Gasteiger partial charge in [0.05, 0.1) is 24.2 Å².